The molecule has 0 spiro atoms. The van der Waals surface area contributed by atoms with Crippen LogP contribution in [-0.4, -0.2) is 121 Å². The zero-order chi connectivity index (χ0) is 47.1. The van der Waals surface area contributed by atoms with Crippen LogP contribution >= 0.6 is 0 Å². The van der Waals surface area contributed by atoms with Crippen molar-refractivity contribution >= 4 is 39.3 Å². The van der Waals surface area contributed by atoms with E-state index in [1.807, 2.05) is 36.2 Å². The van der Waals surface area contributed by atoms with Crippen molar-refractivity contribution in [3.63, 3.8) is 0 Å². The molecule has 4 aromatic heterocycles. The largest absolute Gasteiger partial charge is 0.496 e. The van der Waals surface area contributed by atoms with Gasteiger partial charge in [-0.25, -0.2) is 33.7 Å². The number of hydrogen-bond donors (Lipinski definition) is 4. The van der Waals surface area contributed by atoms with Gasteiger partial charge < -0.3 is 44.7 Å². The number of hydrogen-bond acceptors (Lipinski definition) is 14. The summed E-state index contributed by atoms with van der Waals surface area (Å²) >= 11 is 0. The number of piperidine rings is 2. The van der Waals surface area contributed by atoms with Gasteiger partial charge in [-0.3, -0.25) is 4.79 Å². The zero-order valence-corrected chi connectivity index (χ0v) is 38.8. The molecule has 0 radical (unpaired) electrons. The summed E-state index contributed by atoms with van der Waals surface area (Å²) < 4.78 is 39.9. The molecule has 2 aliphatic heterocycles. The molecule has 0 unspecified atom stereocenters. The number of aliphatic hydroxyl groups excluding tert-OH is 2. The average Bonchev–Trinajstić information content (AvgIpc) is 4.32. The molecule has 4 N–H and O–H groups in total. The number of para-hydroxylation sites is 2. The van der Waals surface area contributed by atoms with Crippen LogP contribution < -0.4 is 35.0 Å². The van der Waals surface area contributed by atoms with Crippen molar-refractivity contribution in [2.24, 2.45) is 0 Å². The lowest BCUT2D eigenvalue weighted by Gasteiger charge is -2.34. The topological polar surface area (TPSA) is 178 Å². The first kappa shape index (κ1) is 47.5. The summed E-state index contributed by atoms with van der Waals surface area (Å²) in [7, 11) is 7.12. The molecule has 10 rings (SSSR count). The Bertz CT molecular complexity index is 2690. The Morgan fingerprint density at radius 1 is 0.716 bits per heavy atom. The highest BCUT2D eigenvalue weighted by molar-refractivity contribution is 5.91. The van der Waals surface area contributed by atoms with Gasteiger partial charge in [0.2, 0.25) is 0 Å². The first-order valence-corrected chi connectivity index (χ1v) is 23.3. The second-order valence-corrected chi connectivity index (χ2v) is 17.9. The fourth-order valence-electron chi connectivity index (χ4n) is 8.86. The van der Waals surface area contributed by atoms with Gasteiger partial charge in [0.25, 0.3) is 5.56 Å². The second-order valence-electron chi connectivity index (χ2n) is 17.9. The molecule has 0 amide bonds. The minimum absolute atomic E-state index is 0.00582. The third kappa shape index (κ3) is 10.9. The van der Waals surface area contributed by atoms with Crippen LogP contribution in [0.4, 0.5) is 26.2 Å². The van der Waals surface area contributed by atoms with Gasteiger partial charge in [0.15, 0.2) is 17.2 Å². The van der Waals surface area contributed by atoms with Crippen molar-refractivity contribution in [3.8, 4) is 11.5 Å². The molecule has 4 aliphatic rings. The van der Waals surface area contributed by atoms with Crippen molar-refractivity contribution in [2.75, 3.05) is 95.5 Å². The van der Waals surface area contributed by atoms with Crippen LogP contribution in [0.1, 0.15) is 86.0 Å². The Kier molecular flexibility index (Phi) is 14.8. The lowest BCUT2D eigenvalue weighted by atomic mass is 9.88. The van der Waals surface area contributed by atoms with E-state index in [4.69, 9.17) is 19.6 Å². The van der Waals surface area contributed by atoms with Gasteiger partial charge in [0.05, 0.1) is 56.2 Å². The van der Waals surface area contributed by atoms with E-state index in [1.165, 1.54) is 30.2 Å². The third-order valence-corrected chi connectivity index (χ3v) is 13.3. The first-order chi connectivity index (χ1) is 32.5. The van der Waals surface area contributed by atoms with Gasteiger partial charge in [-0.1, -0.05) is 36.4 Å². The highest BCUT2D eigenvalue weighted by atomic mass is 19.1. The standard InChI is InChI=1S/C25H30FN5O2.C13H15FN4O2.C12H17NO/c1-30(13-14-32)22-15-19-20(16-27-22)28-24(25(26)9-10-25)29-23(19)31-11-7-17(8-12-31)18-5-3-4-6-21(18)33-2;1-18(4-5-19)10-6-8-9(7-15-10)16-12(17-11(8)20)13(14)2-3-13;1-14-12-5-3-2-4-11(12)10-6-8-13-9-7-10/h3-6,15-17,32H,7-14H2,1-2H3;6-7,19H,2-5H2,1H3,(H,16,17,20);2-5,10,13H,6-9H2,1H3. The highest BCUT2D eigenvalue weighted by Crippen LogP contribution is 2.49. The van der Waals surface area contributed by atoms with E-state index in [1.54, 1.807) is 38.4 Å². The first-order valence-electron chi connectivity index (χ1n) is 23.3. The summed E-state index contributed by atoms with van der Waals surface area (Å²) in [5.41, 5.74) is 0.406. The average molecular weight is 921 g/mol. The van der Waals surface area contributed by atoms with Crippen LogP contribution in [0.15, 0.2) is 77.9 Å². The number of aliphatic hydroxyl groups is 2. The van der Waals surface area contributed by atoms with Gasteiger partial charge in [-0.05, 0) is 112 Å². The molecule has 15 nitrogen and oxygen atoms in total. The number of alkyl halides is 2. The molecule has 2 aliphatic carbocycles. The number of anilines is 3. The fourth-order valence-corrected chi connectivity index (χ4v) is 8.86. The maximum atomic E-state index is 15.0. The lowest BCUT2D eigenvalue weighted by Crippen LogP contribution is -2.34. The predicted octanol–water partition coefficient (Wildman–Crippen LogP) is 6.67. The summed E-state index contributed by atoms with van der Waals surface area (Å²) in [5, 5.41) is 22.8. The van der Waals surface area contributed by atoms with Crippen LogP contribution in [0.25, 0.3) is 21.8 Å². The summed E-state index contributed by atoms with van der Waals surface area (Å²) in [6.07, 6.45) is 9.26. The maximum Gasteiger partial charge on any atom is 0.259 e. The monoisotopic (exact) mass is 920 g/mol. The number of rotatable bonds is 13. The van der Waals surface area contributed by atoms with Gasteiger partial charge in [0, 0.05) is 45.7 Å². The normalized spacial score (nSPS) is 17.5. The van der Waals surface area contributed by atoms with Crippen molar-refractivity contribution in [1.82, 2.24) is 35.2 Å². The molecule has 17 heteroatoms. The number of ether oxygens (including phenoxy) is 2. The Morgan fingerprint density at radius 2 is 1.22 bits per heavy atom. The van der Waals surface area contributed by atoms with E-state index in [-0.39, 0.29) is 30.4 Å². The Morgan fingerprint density at radius 3 is 1.75 bits per heavy atom. The Hall–Kier alpha value is -6.04. The number of H-pyrrole nitrogens is 1. The summed E-state index contributed by atoms with van der Waals surface area (Å²) in [6, 6.07) is 20.1. The summed E-state index contributed by atoms with van der Waals surface area (Å²) in [5.74, 6) is 5.50. The smallest absolute Gasteiger partial charge is 0.259 e. The second kappa shape index (κ2) is 20.9. The van der Waals surface area contributed by atoms with Gasteiger partial charge >= 0.3 is 0 Å². The van der Waals surface area contributed by atoms with E-state index in [2.05, 4.69) is 65.5 Å². The van der Waals surface area contributed by atoms with Crippen molar-refractivity contribution in [1.29, 1.82) is 0 Å². The molecule has 67 heavy (non-hydrogen) atoms. The molecule has 2 saturated heterocycles. The number of aromatic amines is 1. The van der Waals surface area contributed by atoms with E-state index in [9.17, 15) is 18.7 Å². The number of benzene rings is 2. The number of methoxy groups -OCH3 is 2. The molecule has 0 atom stereocenters. The lowest BCUT2D eigenvalue weighted by molar-refractivity contribution is 0.300. The molecular formula is C50H62F2N10O5. The molecule has 4 fully saturated rings. The summed E-state index contributed by atoms with van der Waals surface area (Å²) in [4.78, 5) is 42.6. The predicted molar refractivity (Wildman–Crippen MR) is 257 cm³/mol. The van der Waals surface area contributed by atoms with E-state index in [0.717, 1.165) is 67.5 Å². The van der Waals surface area contributed by atoms with Gasteiger partial charge in [-0.2, -0.15) is 0 Å². The van der Waals surface area contributed by atoms with Crippen molar-refractivity contribution in [3.05, 3.63) is 106 Å². The van der Waals surface area contributed by atoms with Crippen molar-refractivity contribution in [2.45, 2.75) is 74.5 Å². The number of nitrogens with zero attached hydrogens (tertiary/aromatic N) is 8. The van der Waals surface area contributed by atoms with Crippen molar-refractivity contribution < 1.29 is 28.5 Å². The number of likely N-dealkylation sites (N-methyl/N-ethyl adjacent to an activating group) is 2. The number of pyridine rings is 2. The number of fused-ring (bicyclic) bond motifs is 2. The molecule has 2 aromatic carbocycles. The Balaban J connectivity index is 0.000000151. The molecule has 6 aromatic rings. The number of aromatic nitrogens is 6. The molecule has 6 heterocycles. The minimum atomic E-state index is -1.47. The highest BCUT2D eigenvalue weighted by Gasteiger charge is 2.49. The fraction of sp³-hybridized carbons (Fsp3) is 0.480. The third-order valence-electron chi connectivity index (χ3n) is 13.3. The zero-order valence-electron chi connectivity index (χ0n) is 38.8. The van der Waals surface area contributed by atoms with Crippen LogP contribution in [0.2, 0.25) is 0 Å². The molecule has 356 valence electrons. The number of nitrogens with one attached hydrogen (secondary N) is 2. The van der Waals surface area contributed by atoms with Crippen LogP contribution in [0.3, 0.4) is 0 Å². The van der Waals surface area contributed by atoms with E-state index < -0.39 is 11.3 Å². The van der Waals surface area contributed by atoms with Crippen LogP contribution in [0.5, 0.6) is 11.5 Å². The molecular weight excluding hydrogens is 859 g/mol. The number of halogens is 2. The Labute approximate surface area is 389 Å². The summed E-state index contributed by atoms with van der Waals surface area (Å²) in [6.45, 7) is 4.81. The minimum Gasteiger partial charge on any atom is -0.496 e. The molecule has 0 bridgehead atoms. The SMILES string of the molecule is CN(CCO)c1cc2c(=O)[nH]c(C3(F)CC3)nc2cn1.COc1ccccc1C1CCN(c2nc(C3(F)CC3)nc3cnc(N(C)CCO)cc23)CC1.COc1ccccc1C1CCNCC1. The van der Waals surface area contributed by atoms with E-state index in [0.29, 0.717) is 72.8 Å². The van der Waals surface area contributed by atoms with Crippen LogP contribution in [0, 0.1) is 0 Å². The van der Waals surface area contributed by atoms with Gasteiger partial charge in [-0.15, -0.1) is 0 Å². The molecule has 2 saturated carbocycles. The maximum absolute atomic E-state index is 15.0. The van der Waals surface area contributed by atoms with E-state index >= 15 is 0 Å². The van der Waals surface area contributed by atoms with Gasteiger partial charge in [0.1, 0.15) is 34.8 Å². The quantitative estimate of drug-likeness (QED) is 0.0966. The van der Waals surface area contributed by atoms with Crippen LogP contribution in [-0.2, 0) is 11.3 Å².